The van der Waals surface area contributed by atoms with E-state index in [1.807, 2.05) is 71.8 Å². The lowest BCUT2D eigenvalue weighted by atomic mass is 10.1. The lowest BCUT2D eigenvalue weighted by molar-refractivity contribution is 0.597. The third-order valence-electron chi connectivity index (χ3n) is 4.33. The number of rotatable bonds is 7. The van der Waals surface area contributed by atoms with Crippen LogP contribution < -0.4 is 5.32 Å². The Kier molecular flexibility index (Phi) is 5.32. The fourth-order valence-electron chi connectivity index (χ4n) is 2.98. The van der Waals surface area contributed by atoms with Crippen LogP contribution >= 0.6 is 11.6 Å². The van der Waals surface area contributed by atoms with Crippen molar-refractivity contribution in [3.63, 3.8) is 0 Å². The van der Waals surface area contributed by atoms with Gasteiger partial charge in [-0.1, -0.05) is 41.9 Å². The summed E-state index contributed by atoms with van der Waals surface area (Å²) in [6, 6.07) is 17.9. The summed E-state index contributed by atoms with van der Waals surface area (Å²) in [5.74, 6) is 0. The summed E-state index contributed by atoms with van der Waals surface area (Å²) in [5, 5.41) is 9.03. The van der Waals surface area contributed by atoms with Crippen molar-refractivity contribution < 1.29 is 0 Å². The number of hydrogen-bond acceptors (Lipinski definition) is 3. The standard InChI is InChI=1S/C21H20ClN5/c22-19-6-4-5-17(13-19)21-18(14-23-9-11-26-12-10-24-16-26)15-27(25-21)20-7-2-1-3-8-20/h1-8,10,12-13,15-16,23H,9,11,14H2. The molecule has 2 heterocycles. The predicted molar refractivity (Wildman–Crippen MR) is 108 cm³/mol. The number of hydrogen-bond donors (Lipinski definition) is 1. The van der Waals surface area contributed by atoms with E-state index in [0.29, 0.717) is 5.02 Å². The number of imidazole rings is 1. The molecule has 0 saturated carbocycles. The molecule has 0 bridgehead atoms. The van der Waals surface area contributed by atoms with Crippen molar-refractivity contribution in [2.75, 3.05) is 6.54 Å². The minimum Gasteiger partial charge on any atom is -0.336 e. The fraction of sp³-hybridized carbons (Fsp3) is 0.143. The highest BCUT2D eigenvalue weighted by atomic mass is 35.5. The summed E-state index contributed by atoms with van der Waals surface area (Å²) >= 11 is 6.20. The first kappa shape index (κ1) is 17.5. The van der Waals surface area contributed by atoms with Crippen LogP contribution in [0.4, 0.5) is 0 Å². The third kappa shape index (κ3) is 4.27. The van der Waals surface area contributed by atoms with Crippen LogP contribution in [0.2, 0.25) is 5.02 Å². The maximum absolute atomic E-state index is 6.20. The topological polar surface area (TPSA) is 47.7 Å². The van der Waals surface area contributed by atoms with Crippen molar-refractivity contribution in [1.82, 2.24) is 24.6 Å². The van der Waals surface area contributed by atoms with Gasteiger partial charge in [0, 0.05) is 54.4 Å². The summed E-state index contributed by atoms with van der Waals surface area (Å²) in [4.78, 5) is 4.07. The lowest BCUT2D eigenvalue weighted by Gasteiger charge is -2.06. The molecule has 0 saturated heterocycles. The van der Waals surface area contributed by atoms with Gasteiger partial charge in [-0.2, -0.15) is 5.10 Å². The quantitative estimate of drug-likeness (QED) is 0.491. The second-order valence-electron chi connectivity index (χ2n) is 6.27. The molecule has 0 fully saturated rings. The number of halogens is 1. The predicted octanol–water partition coefficient (Wildman–Crippen LogP) is 4.18. The zero-order chi connectivity index (χ0) is 18.5. The molecule has 5 nitrogen and oxygen atoms in total. The molecule has 0 amide bonds. The van der Waals surface area contributed by atoms with Crippen LogP contribution in [0.15, 0.2) is 79.5 Å². The van der Waals surface area contributed by atoms with Gasteiger partial charge in [0.05, 0.1) is 17.7 Å². The van der Waals surface area contributed by atoms with E-state index in [-0.39, 0.29) is 0 Å². The number of aromatic nitrogens is 4. The van der Waals surface area contributed by atoms with Gasteiger partial charge < -0.3 is 9.88 Å². The highest BCUT2D eigenvalue weighted by molar-refractivity contribution is 6.30. The number of para-hydroxylation sites is 1. The first-order chi connectivity index (χ1) is 13.3. The van der Waals surface area contributed by atoms with Gasteiger partial charge in [-0.15, -0.1) is 0 Å². The highest BCUT2D eigenvalue weighted by Gasteiger charge is 2.12. The van der Waals surface area contributed by atoms with E-state index in [4.69, 9.17) is 16.7 Å². The highest BCUT2D eigenvalue weighted by Crippen LogP contribution is 2.26. The summed E-state index contributed by atoms with van der Waals surface area (Å²) in [5.41, 5.74) is 4.12. The summed E-state index contributed by atoms with van der Waals surface area (Å²) in [6.45, 7) is 2.45. The second kappa shape index (κ2) is 8.20. The van der Waals surface area contributed by atoms with Gasteiger partial charge in [-0.25, -0.2) is 9.67 Å². The molecule has 0 aliphatic rings. The monoisotopic (exact) mass is 377 g/mol. The van der Waals surface area contributed by atoms with E-state index in [2.05, 4.69) is 21.1 Å². The van der Waals surface area contributed by atoms with Crippen molar-refractivity contribution >= 4 is 11.6 Å². The van der Waals surface area contributed by atoms with E-state index in [1.165, 1.54) is 0 Å². The van der Waals surface area contributed by atoms with Crippen molar-refractivity contribution in [2.24, 2.45) is 0 Å². The van der Waals surface area contributed by atoms with Crippen molar-refractivity contribution in [2.45, 2.75) is 13.1 Å². The SMILES string of the molecule is Clc1cccc(-c2nn(-c3ccccc3)cc2CNCCn2ccnc2)c1. The third-order valence-corrected chi connectivity index (χ3v) is 4.57. The van der Waals surface area contributed by atoms with Crippen LogP contribution in [-0.2, 0) is 13.1 Å². The largest absolute Gasteiger partial charge is 0.336 e. The fourth-order valence-corrected chi connectivity index (χ4v) is 3.17. The average molecular weight is 378 g/mol. The van der Waals surface area contributed by atoms with Crippen molar-refractivity contribution in [3.8, 4) is 16.9 Å². The first-order valence-corrected chi connectivity index (χ1v) is 9.24. The maximum Gasteiger partial charge on any atom is 0.0973 e. The lowest BCUT2D eigenvalue weighted by Crippen LogP contribution is -2.19. The van der Waals surface area contributed by atoms with Crippen LogP contribution in [0.5, 0.6) is 0 Å². The summed E-state index contributed by atoms with van der Waals surface area (Å²) in [6.07, 6.45) is 7.66. The van der Waals surface area contributed by atoms with Gasteiger partial charge >= 0.3 is 0 Å². The molecule has 2 aromatic heterocycles. The van der Waals surface area contributed by atoms with E-state index in [1.54, 1.807) is 6.20 Å². The van der Waals surface area contributed by atoms with Crippen LogP contribution in [0.3, 0.4) is 0 Å². The van der Waals surface area contributed by atoms with Crippen molar-refractivity contribution in [3.05, 3.63) is 90.1 Å². The Labute approximate surface area is 163 Å². The Morgan fingerprint density at radius 2 is 1.93 bits per heavy atom. The zero-order valence-corrected chi connectivity index (χ0v) is 15.5. The normalized spacial score (nSPS) is 11.0. The number of nitrogens with zero attached hydrogens (tertiary/aromatic N) is 4. The molecule has 0 unspecified atom stereocenters. The second-order valence-corrected chi connectivity index (χ2v) is 6.71. The molecule has 1 N–H and O–H groups in total. The molecule has 136 valence electrons. The van der Waals surface area contributed by atoms with Gasteiger partial charge in [0.25, 0.3) is 0 Å². The maximum atomic E-state index is 6.20. The Morgan fingerprint density at radius 3 is 2.70 bits per heavy atom. The Bertz CT molecular complexity index is 993. The van der Waals surface area contributed by atoms with E-state index in [9.17, 15) is 0 Å². The van der Waals surface area contributed by atoms with Gasteiger partial charge in [0.1, 0.15) is 0 Å². The molecular weight excluding hydrogens is 358 g/mol. The van der Waals surface area contributed by atoms with Crippen LogP contribution in [-0.4, -0.2) is 25.9 Å². The molecule has 2 aromatic carbocycles. The smallest absolute Gasteiger partial charge is 0.0973 e. The minimum absolute atomic E-state index is 0.709. The Balaban J connectivity index is 1.57. The number of benzene rings is 2. The van der Waals surface area contributed by atoms with Crippen LogP contribution in [0.25, 0.3) is 16.9 Å². The van der Waals surface area contributed by atoms with E-state index >= 15 is 0 Å². The summed E-state index contributed by atoms with van der Waals surface area (Å²) in [7, 11) is 0. The molecule has 0 aliphatic carbocycles. The first-order valence-electron chi connectivity index (χ1n) is 8.86. The van der Waals surface area contributed by atoms with Gasteiger partial charge in [0.15, 0.2) is 0 Å². The average Bonchev–Trinajstić information content (AvgIpc) is 3.36. The van der Waals surface area contributed by atoms with Gasteiger partial charge in [-0.3, -0.25) is 0 Å². The number of nitrogens with one attached hydrogen (secondary N) is 1. The van der Waals surface area contributed by atoms with Crippen molar-refractivity contribution in [1.29, 1.82) is 0 Å². The molecule has 4 rings (SSSR count). The Hall–Kier alpha value is -2.89. The molecule has 0 aliphatic heterocycles. The minimum atomic E-state index is 0.709. The molecule has 0 radical (unpaired) electrons. The molecule has 0 spiro atoms. The summed E-state index contributed by atoms with van der Waals surface area (Å²) < 4.78 is 3.97. The van der Waals surface area contributed by atoms with E-state index < -0.39 is 0 Å². The van der Waals surface area contributed by atoms with Crippen LogP contribution in [0, 0.1) is 0 Å². The molecule has 0 atom stereocenters. The zero-order valence-electron chi connectivity index (χ0n) is 14.8. The van der Waals surface area contributed by atoms with Gasteiger partial charge in [-0.05, 0) is 24.3 Å². The van der Waals surface area contributed by atoms with Gasteiger partial charge in [0.2, 0.25) is 0 Å². The van der Waals surface area contributed by atoms with Crippen LogP contribution in [0.1, 0.15) is 5.56 Å². The molecular formula is C21H20ClN5. The van der Waals surface area contributed by atoms with E-state index in [0.717, 1.165) is 42.1 Å². The Morgan fingerprint density at radius 1 is 1.04 bits per heavy atom. The molecule has 4 aromatic rings. The molecule has 27 heavy (non-hydrogen) atoms. The molecule has 6 heteroatoms.